The molecule has 0 fully saturated rings. The highest BCUT2D eigenvalue weighted by Gasteiger charge is 1.94. The third-order valence-corrected chi connectivity index (χ3v) is 1.58. The van der Waals surface area contributed by atoms with Crippen LogP contribution in [0.15, 0.2) is 17.1 Å². The normalized spacial score (nSPS) is 8.71. The SMILES string of the molecule is COC(=O)C#Cc1c[nH]c(=O)c(C)c1. The summed E-state index contributed by atoms with van der Waals surface area (Å²) >= 11 is 0. The molecule has 4 heteroatoms. The number of H-pyrrole nitrogens is 1. The van der Waals surface area contributed by atoms with Crippen molar-refractivity contribution in [2.75, 3.05) is 7.11 Å². The average molecular weight is 191 g/mol. The van der Waals surface area contributed by atoms with Crippen LogP contribution in [0.3, 0.4) is 0 Å². The van der Waals surface area contributed by atoms with Crippen molar-refractivity contribution in [1.29, 1.82) is 0 Å². The summed E-state index contributed by atoms with van der Waals surface area (Å²) in [6.07, 6.45) is 1.45. The van der Waals surface area contributed by atoms with Gasteiger partial charge < -0.3 is 9.72 Å². The molecule has 72 valence electrons. The number of methoxy groups -OCH3 is 1. The number of carbonyl (C=O) groups excluding carboxylic acids is 1. The van der Waals surface area contributed by atoms with Crippen LogP contribution < -0.4 is 5.56 Å². The van der Waals surface area contributed by atoms with E-state index in [1.54, 1.807) is 13.0 Å². The summed E-state index contributed by atoms with van der Waals surface area (Å²) in [5.74, 6) is 4.23. The minimum atomic E-state index is -0.603. The Labute approximate surface area is 80.9 Å². The van der Waals surface area contributed by atoms with Gasteiger partial charge in [0.25, 0.3) is 5.56 Å². The Morgan fingerprint density at radius 3 is 2.86 bits per heavy atom. The largest absolute Gasteiger partial charge is 0.459 e. The summed E-state index contributed by atoms with van der Waals surface area (Å²) in [7, 11) is 1.26. The van der Waals surface area contributed by atoms with Crippen LogP contribution in [0.5, 0.6) is 0 Å². The minimum absolute atomic E-state index is 0.159. The maximum Gasteiger partial charge on any atom is 0.384 e. The molecule has 0 aliphatic rings. The van der Waals surface area contributed by atoms with E-state index in [0.717, 1.165) is 0 Å². The molecule has 4 nitrogen and oxygen atoms in total. The van der Waals surface area contributed by atoms with Crippen molar-refractivity contribution in [2.45, 2.75) is 6.92 Å². The third kappa shape index (κ3) is 2.49. The number of nitrogens with one attached hydrogen (secondary N) is 1. The maximum atomic E-state index is 11.0. The van der Waals surface area contributed by atoms with Gasteiger partial charge in [0, 0.05) is 23.2 Å². The first-order chi connectivity index (χ1) is 6.63. The van der Waals surface area contributed by atoms with Gasteiger partial charge in [0.2, 0.25) is 0 Å². The molecule has 1 N–H and O–H groups in total. The Balaban J connectivity index is 2.97. The average Bonchev–Trinajstić information content (AvgIpc) is 2.19. The number of rotatable bonds is 0. The van der Waals surface area contributed by atoms with Gasteiger partial charge in [-0.15, -0.1) is 0 Å². The van der Waals surface area contributed by atoms with Gasteiger partial charge in [0.1, 0.15) is 0 Å². The third-order valence-electron chi connectivity index (χ3n) is 1.58. The van der Waals surface area contributed by atoms with Crippen molar-refractivity contribution in [3.05, 3.63) is 33.7 Å². The molecule has 0 saturated carbocycles. The fourth-order valence-electron chi connectivity index (χ4n) is 0.844. The number of hydrogen-bond acceptors (Lipinski definition) is 3. The zero-order valence-electron chi connectivity index (χ0n) is 7.88. The molecule has 14 heavy (non-hydrogen) atoms. The van der Waals surface area contributed by atoms with Crippen molar-refractivity contribution in [1.82, 2.24) is 4.98 Å². The monoisotopic (exact) mass is 191 g/mol. The van der Waals surface area contributed by atoms with Crippen molar-refractivity contribution < 1.29 is 9.53 Å². The topological polar surface area (TPSA) is 59.2 Å². The van der Waals surface area contributed by atoms with Crippen LogP contribution in [0.1, 0.15) is 11.1 Å². The molecule has 0 saturated heterocycles. The van der Waals surface area contributed by atoms with Crippen LogP contribution in [-0.2, 0) is 9.53 Å². The molecule has 0 bridgehead atoms. The van der Waals surface area contributed by atoms with Crippen molar-refractivity contribution >= 4 is 5.97 Å². The highest BCUT2D eigenvalue weighted by Crippen LogP contribution is 1.94. The second kappa shape index (κ2) is 4.28. The van der Waals surface area contributed by atoms with E-state index >= 15 is 0 Å². The lowest BCUT2D eigenvalue weighted by Crippen LogP contribution is -2.08. The number of aromatic nitrogens is 1. The van der Waals surface area contributed by atoms with Crippen LogP contribution >= 0.6 is 0 Å². The van der Waals surface area contributed by atoms with Crippen LogP contribution in [-0.4, -0.2) is 18.1 Å². The molecule has 0 atom stereocenters. The summed E-state index contributed by atoms with van der Waals surface area (Å²) in [5, 5.41) is 0. The molecule has 1 heterocycles. The number of pyridine rings is 1. The second-order valence-electron chi connectivity index (χ2n) is 2.64. The highest BCUT2D eigenvalue weighted by atomic mass is 16.5. The number of carbonyl (C=O) groups is 1. The lowest BCUT2D eigenvalue weighted by atomic mass is 10.2. The molecule has 0 unspecified atom stereocenters. The Bertz CT molecular complexity index is 462. The van der Waals surface area contributed by atoms with E-state index in [1.807, 2.05) is 0 Å². The van der Waals surface area contributed by atoms with E-state index in [4.69, 9.17) is 0 Å². The molecular weight excluding hydrogens is 182 g/mol. The number of esters is 1. The predicted octanol–water partition coefficient (Wildman–Crippen LogP) is 0.208. The van der Waals surface area contributed by atoms with Gasteiger partial charge in [-0.1, -0.05) is 5.92 Å². The van der Waals surface area contributed by atoms with Crippen molar-refractivity contribution in [2.24, 2.45) is 0 Å². The molecular formula is C10H9NO3. The minimum Gasteiger partial charge on any atom is -0.459 e. The highest BCUT2D eigenvalue weighted by molar-refractivity contribution is 5.88. The first kappa shape index (κ1) is 10.1. The molecule has 0 aromatic carbocycles. The maximum absolute atomic E-state index is 11.0. The van der Waals surface area contributed by atoms with Gasteiger partial charge in [-0.3, -0.25) is 4.79 Å². The quantitative estimate of drug-likeness (QED) is 0.471. The van der Waals surface area contributed by atoms with Crippen LogP contribution in [0.2, 0.25) is 0 Å². The number of hydrogen-bond donors (Lipinski definition) is 1. The summed E-state index contributed by atoms with van der Waals surface area (Å²) < 4.78 is 4.34. The van der Waals surface area contributed by atoms with E-state index in [-0.39, 0.29) is 5.56 Å². The lowest BCUT2D eigenvalue weighted by molar-refractivity contribution is -0.133. The van der Waals surface area contributed by atoms with Gasteiger partial charge >= 0.3 is 5.97 Å². The van der Waals surface area contributed by atoms with Crippen LogP contribution in [0, 0.1) is 18.8 Å². The number of ether oxygens (including phenoxy) is 1. The second-order valence-corrected chi connectivity index (χ2v) is 2.64. The Morgan fingerprint density at radius 1 is 1.57 bits per heavy atom. The van der Waals surface area contributed by atoms with Gasteiger partial charge in [-0.2, -0.15) is 0 Å². The fraction of sp³-hybridized carbons (Fsp3) is 0.200. The van der Waals surface area contributed by atoms with Crippen LogP contribution in [0.4, 0.5) is 0 Å². The first-order valence-corrected chi connectivity index (χ1v) is 3.93. The molecule has 0 amide bonds. The Morgan fingerprint density at radius 2 is 2.29 bits per heavy atom. The fourth-order valence-corrected chi connectivity index (χ4v) is 0.844. The van der Waals surface area contributed by atoms with Gasteiger partial charge in [0.15, 0.2) is 0 Å². The van der Waals surface area contributed by atoms with E-state index in [2.05, 4.69) is 21.6 Å². The summed E-state index contributed by atoms with van der Waals surface area (Å²) in [6.45, 7) is 1.67. The molecule has 1 aromatic rings. The van der Waals surface area contributed by atoms with E-state index in [0.29, 0.717) is 11.1 Å². The van der Waals surface area contributed by atoms with Gasteiger partial charge in [0.05, 0.1) is 7.11 Å². The Kier molecular flexibility index (Phi) is 3.08. The van der Waals surface area contributed by atoms with E-state index in [9.17, 15) is 9.59 Å². The standard InChI is InChI=1S/C10H9NO3/c1-7-5-8(6-11-10(7)13)3-4-9(12)14-2/h5-6H,1-2H3,(H,11,13). The van der Waals surface area contributed by atoms with E-state index < -0.39 is 5.97 Å². The zero-order valence-corrected chi connectivity index (χ0v) is 7.88. The van der Waals surface area contributed by atoms with Crippen LogP contribution in [0.25, 0.3) is 0 Å². The predicted molar refractivity (Wildman–Crippen MR) is 50.7 cm³/mol. The summed E-state index contributed by atoms with van der Waals surface area (Å²) in [4.78, 5) is 24.1. The lowest BCUT2D eigenvalue weighted by Gasteiger charge is -1.91. The molecule has 1 aromatic heterocycles. The molecule has 1 rings (SSSR count). The molecule has 0 aliphatic carbocycles. The van der Waals surface area contributed by atoms with Crippen molar-refractivity contribution in [3.63, 3.8) is 0 Å². The molecule has 0 aliphatic heterocycles. The van der Waals surface area contributed by atoms with E-state index in [1.165, 1.54) is 13.3 Å². The molecule has 0 spiro atoms. The first-order valence-electron chi connectivity index (χ1n) is 3.93. The number of aryl methyl sites for hydroxylation is 1. The van der Waals surface area contributed by atoms with Crippen molar-refractivity contribution in [3.8, 4) is 11.8 Å². The summed E-state index contributed by atoms with van der Waals surface area (Å²) in [6, 6.07) is 1.61. The Hall–Kier alpha value is -2.02. The number of aromatic amines is 1. The summed E-state index contributed by atoms with van der Waals surface area (Å²) in [5.41, 5.74) is 0.975. The molecule has 0 radical (unpaired) electrons. The smallest absolute Gasteiger partial charge is 0.384 e. The van der Waals surface area contributed by atoms with Gasteiger partial charge in [-0.05, 0) is 13.0 Å². The van der Waals surface area contributed by atoms with Gasteiger partial charge in [-0.25, -0.2) is 4.79 Å². The zero-order chi connectivity index (χ0) is 10.6.